The van der Waals surface area contributed by atoms with Crippen molar-refractivity contribution in [2.75, 3.05) is 5.73 Å². The molecule has 0 saturated heterocycles. The molecule has 1 aromatic heterocycles. The topological polar surface area (TPSA) is 162 Å². The normalized spacial score (nSPS) is 12.5. The molecule has 0 spiro atoms. The maximum atomic E-state index is 12.6. The number of anilines is 1. The number of nitrogens with one attached hydrogen (secondary N) is 2. The summed E-state index contributed by atoms with van der Waals surface area (Å²) in [5, 5.41) is 6.06. The number of rotatable bonds is 9. The Bertz CT molecular complexity index is 1140. The van der Waals surface area contributed by atoms with E-state index >= 15 is 0 Å². The van der Waals surface area contributed by atoms with Gasteiger partial charge >= 0.3 is 6.09 Å². The Morgan fingerprint density at radius 3 is 2.52 bits per heavy atom. The van der Waals surface area contributed by atoms with E-state index in [9.17, 15) is 14.4 Å². The van der Waals surface area contributed by atoms with Gasteiger partial charge in [-0.1, -0.05) is 36.4 Å². The Morgan fingerprint density at radius 2 is 1.79 bits per heavy atom. The number of carbonyl (C=O) groups excluding carboxylic acids is 3. The second kappa shape index (κ2) is 10.9. The summed E-state index contributed by atoms with van der Waals surface area (Å²) in [6.07, 6.45) is -0.0532. The lowest BCUT2D eigenvalue weighted by Crippen LogP contribution is -2.49. The van der Waals surface area contributed by atoms with Crippen LogP contribution in [0.1, 0.15) is 24.5 Å². The predicted octanol–water partition coefficient (Wildman–Crippen LogP) is 1.43. The van der Waals surface area contributed by atoms with Gasteiger partial charge in [0.15, 0.2) is 6.10 Å². The van der Waals surface area contributed by atoms with Gasteiger partial charge in [0.25, 0.3) is 5.91 Å². The number of amides is 3. The van der Waals surface area contributed by atoms with Gasteiger partial charge in [-0.05, 0) is 43.0 Å². The van der Waals surface area contributed by atoms with Crippen molar-refractivity contribution < 1.29 is 19.1 Å². The van der Waals surface area contributed by atoms with E-state index in [1.165, 1.54) is 6.33 Å². The van der Waals surface area contributed by atoms with Gasteiger partial charge in [0.05, 0.1) is 5.52 Å². The maximum absolute atomic E-state index is 12.6. The van der Waals surface area contributed by atoms with Crippen LogP contribution in [-0.2, 0) is 27.3 Å². The molecule has 0 aliphatic heterocycles. The lowest BCUT2D eigenvalue weighted by Gasteiger charge is -2.20. The molecular weight excluding hydrogens is 424 g/mol. The van der Waals surface area contributed by atoms with Gasteiger partial charge in [0.2, 0.25) is 5.91 Å². The number of carbonyl (C=O) groups is 3. The summed E-state index contributed by atoms with van der Waals surface area (Å²) < 4.78 is 4.97. The Balaban J connectivity index is 1.55. The SMILES string of the molecule is CC(NC(=O)C(CCc1ccccc1)OC(N)=O)C(=O)NCc1ccc2c(N)ncnc2c1. The average molecular weight is 450 g/mol. The minimum atomic E-state index is -1.11. The molecule has 10 nitrogen and oxygen atoms in total. The third kappa shape index (κ3) is 6.63. The molecule has 2 aromatic carbocycles. The number of nitrogens with two attached hydrogens (primary N) is 2. The van der Waals surface area contributed by atoms with Gasteiger partial charge in [-0.2, -0.15) is 0 Å². The van der Waals surface area contributed by atoms with Gasteiger partial charge < -0.3 is 26.8 Å². The molecule has 2 unspecified atom stereocenters. The number of nitrogen functional groups attached to an aromatic ring is 1. The van der Waals surface area contributed by atoms with Gasteiger partial charge in [0, 0.05) is 11.9 Å². The van der Waals surface area contributed by atoms with Crippen molar-refractivity contribution in [3.05, 3.63) is 66.0 Å². The van der Waals surface area contributed by atoms with Crippen LogP contribution in [0, 0.1) is 0 Å². The molecule has 0 saturated carbocycles. The average Bonchev–Trinajstić information content (AvgIpc) is 2.80. The van der Waals surface area contributed by atoms with Crippen LogP contribution in [0.5, 0.6) is 0 Å². The molecule has 0 bridgehead atoms. The van der Waals surface area contributed by atoms with Crippen LogP contribution >= 0.6 is 0 Å². The predicted molar refractivity (Wildman–Crippen MR) is 123 cm³/mol. The first-order chi connectivity index (χ1) is 15.8. The van der Waals surface area contributed by atoms with E-state index in [1.807, 2.05) is 36.4 Å². The fourth-order valence-corrected chi connectivity index (χ4v) is 3.27. The molecule has 3 rings (SSSR count). The van der Waals surface area contributed by atoms with E-state index in [2.05, 4.69) is 20.6 Å². The summed E-state index contributed by atoms with van der Waals surface area (Å²) >= 11 is 0. The lowest BCUT2D eigenvalue weighted by molar-refractivity contribution is -0.134. The zero-order valence-electron chi connectivity index (χ0n) is 18.2. The van der Waals surface area contributed by atoms with Crippen molar-refractivity contribution in [1.82, 2.24) is 20.6 Å². The van der Waals surface area contributed by atoms with Crippen LogP contribution in [-0.4, -0.2) is 40.0 Å². The minimum Gasteiger partial charge on any atom is -0.436 e. The van der Waals surface area contributed by atoms with Crippen molar-refractivity contribution in [2.24, 2.45) is 5.73 Å². The third-order valence-electron chi connectivity index (χ3n) is 5.04. The van der Waals surface area contributed by atoms with Crippen molar-refractivity contribution in [3.8, 4) is 0 Å². The molecule has 2 atom stereocenters. The van der Waals surface area contributed by atoms with Crippen LogP contribution < -0.4 is 22.1 Å². The molecule has 0 fully saturated rings. The quantitative estimate of drug-likeness (QED) is 0.383. The monoisotopic (exact) mass is 450 g/mol. The lowest BCUT2D eigenvalue weighted by atomic mass is 10.1. The van der Waals surface area contributed by atoms with Gasteiger partial charge in [-0.25, -0.2) is 14.8 Å². The zero-order chi connectivity index (χ0) is 23.8. The van der Waals surface area contributed by atoms with Crippen LogP contribution in [0.15, 0.2) is 54.9 Å². The number of fused-ring (bicyclic) bond motifs is 1. The minimum absolute atomic E-state index is 0.230. The van der Waals surface area contributed by atoms with E-state index in [0.717, 1.165) is 16.5 Å². The van der Waals surface area contributed by atoms with Crippen LogP contribution in [0.25, 0.3) is 10.9 Å². The summed E-state index contributed by atoms with van der Waals surface area (Å²) in [7, 11) is 0. The largest absolute Gasteiger partial charge is 0.436 e. The second-order valence-corrected chi connectivity index (χ2v) is 7.51. The van der Waals surface area contributed by atoms with E-state index in [1.54, 1.807) is 19.1 Å². The van der Waals surface area contributed by atoms with Gasteiger partial charge in [-0.3, -0.25) is 9.59 Å². The first-order valence-corrected chi connectivity index (χ1v) is 10.4. The summed E-state index contributed by atoms with van der Waals surface area (Å²) in [5.74, 6) is -0.608. The van der Waals surface area contributed by atoms with E-state index in [4.69, 9.17) is 16.2 Å². The smallest absolute Gasteiger partial charge is 0.405 e. The molecular formula is C23H26N6O4. The Labute approximate surface area is 190 Å². The number of hydrogen-bond donors (Lipinski definition) is 4. The maximum Gasteiger partial charge on any atom is 0.405 e. The number of hydrogen-bond acceptors (Lipinski definition) is 7. The number of aryl methyl sites for hydroxylation is 1. The Morgan fingerprint density at radius 1 is 1.03 bits per heavy atom. The molecule has 6 N–H and O–H groups in total. The van der Waals surface area contributed by atoms with Gasteiger partial charge in [-0.15, -0.1) is 0 Å². The first-order valence-electron chi connectivity index (χ1n) is 10.4. The fourth-order valence-electron chi connectivity index (χ4n) is 3.27. The van der Waals surface area contributed by atoms with E-state index in [0.29, 0.717) is 17.8 Å². The number of nitrogens with zero attached hydrogens (tertiary/aromatic N) is 2. The Kier molecular flexibility index (Phi) is 7.74. The highest BCUT2D eigenvalue weighted by Gasteiger charge is 2.25. The van der Waals surface area contributed by atoms with Crippen LogP contribution in [0.4, 0.5) is 10.6 Å². The summed E-state index contributed by atoms with van der Waals surface area (Å²) in [6, 6.07) is 14.0. The Hall–Kier alpha value is -4.21. The molecule has 3 amide bonds. The molecule has 10 heteroatoms. The molecule has 0 aliphatic rings. The number of primary amides is 1. The highest BCUT2D eigenvalue weighted by Crippen LogP contribution is 2.17. The highest BCUT2D eigenvalue weighted by molar-refractivity contribution is 5.90. The van der Waals surface area contributed by atoms with Crippen molar-refractivity contribution in [2.45, 2.75) is 38.5 Å². The number of aromatic nitrogens is 2. The van der Waals surface area contributed by atoms with Gasteiger partial charge in [0.1, 0.15) is 18.2 Å². The summed E-state index contributed by atoms with van der Waals surface area (Å²) in [5.41, 5.74) is 13.4. The highest BCUT2D eigenvalue weighted by atomic mass is 16.6. The number of ether oxygens (including phenoxy) is 1. The second-order valence-electron chi connectivity index (χ2n) is 7.51. The molecule has 0 radical (unpaired) electrons. The third-order valence-corrected chi connectivity index (χ3v) is 5.04. The van der Waals surface area contributed by atoms with Crippen LogP contribution in [0.2, 0.25) is 0 Å². The van der Waals surface area contributed by atoms with Crippen molar-refractivity contribution >= 4 is 34.6 Å². The molecule has 1 heterocycles. The zero-order valence-corrected chi connectivity index (χ0v) is 18.2. The summed E-state index contributed by atoms with van der Waals surface area (Å²) in [4.78, 5) is 44.5. The molecule has 33 heavy (non-hydrogen) atoms. The summed E-state index contributed by atoms with van der Waals surface area (Å²) in [6.45, 7) is 1.77. The van der Waals surface area contributed by atoms with Crippen molar-refractivity contribution in [1.29, 1.82) is 0 Å². The standard InChI is InChI=1S/C23H26N6O4/c1-14(21(30)26-12-16-7-9-17-18(11-16)27-13-28-20(17)24)29-22(31)19(33-23(25)32)10-8-15-5-3-2-4-6-15/h2-7,9,11,13-14,19H,8,10,12H2,1H3,(H2,25,32)(H,26,30)(H,29,31)(H2,24,27,28). The fraction of sp³-hybridized carbons (Fsp3) is 0.261. The molecule has 3 aromatic rings. The van der Waals surface area contributed by atoms with E-state index < -0.39 is 30.1 Å². The molecule has 0 aliphatic carbocycles. The molecule has 172 valence electrons. The first kappa shape index (κ1) is 23.5. The van der Waals surface area contributed by atoms with Crippen molar-refractivity contribution in [3.63, 3.8) is 0 Å². The number of benzene rings is 2. The van der Waals surface area contributed by atoms with Crippen LogP contribution in [0.3, 0.4) is 0 Å². The van der Waals surface area contributed by atoms with E-state index in [-0.39, 0.29) is 13.0 Å².